The lowest BCUT2D eigenvalue weighted by Crippen LogP contribution is -2.04. The molecule has 0 aromatic carbocycles. The van der Waals surface area contributed by atoms with Crippen LogP contribution in [0.2, 0.25) is 0 Å². The highest BCUT2D eigenvalue weighted by Gasteiger charge is 2.07. The molecule has 0 heterocycles. The van der Waals surface area contributed by atoms with Crippen molar-refractivity contribution in [1.82, 2.24) is 0 Å². The van der Waals surface area contributed by atoms with Gasteiger partial charge in [0.05, 0.1) is 6.42 Å². The maximum atomic E-state index is 10.4. The van der Waals surface area contributed by atoms with E-state index in [0.717, 1.165) is 5.75 Å². The molecule has 0 saturated heterocycles. The van der Waals surface area contributed by atoms with Gasteiger partial charge in [-0.25, -0.2) is 0 Å². The average Bonchev–Trinajstić information content (AvgIpc) is 2.35. The third-order valence-corrected chi connectivity index (χ3v) is 4.73. The highest BCUT2D eigenvalue weighted by Crippen LogP contribution is 2.22. The molecule has 0 fully saturated rings. The molecule has 0 aliphatic heterocycles. The molecule has 1 N–H and O–H groups in total. The summed E-state index contributed by atoms with van der Waals surface area (Å²) >= 11 is 1.84. The molecular weight excluding hydrogens is 256 g/mol. The van der Waals surface area contributed by atoms with Crippen molar-refractivity contribution >= 4 is 17.7 Å². The minimum Gasteiger partial charge on any atom is -0.481 e. The van der Waals surface area contributed by atoms with Gasteiger partial charge in [0.25, 0.3) is 0 Å². The van der Waals surface area contributed by atoms with Gasteiger partial charge in [0.2, 0.25) is 0 Å². The van der Waals surface area contributed by atoms with Crippen molar-refractivity contribution in [1.29, 1.82) is 0 Å². The maximum Gasteiger partial charge on any atom is 0.304 e. The second-order valence-electron chi connectivity index (χ2n) is 4.95. The molecule has 0 aromatic rings. The molecule has 0 bridgehead atoms. The summed E-state index contributed by atoms with van der Waals surface area (Å²) in [5.74, 6) is 0.0953. The normalized spacial score (nSPS) is 11.9. The Balaban J connectivity index is 0. The van der Waals surface area contributed by atoms with Crippen LogP contribution >= 0.6 is 11.8 Å². The Morgan fingerprint density at radius 1 is 1.05 bits per heavy atom. The molecule has 0 radical (unpaired) electrons. The van der Waals surface area contributed by atoms with Crippen molar-refractivity contribution in [2.24, 2.45) is 0 Å². The molecule has 1 atom stereocenters. The van der Waals surface area contributed by atoms with Gasteiger partial charge in [-0.3, -0.25) is 4.79 Å². The summed E-state index contributed by atoms with van der Waals surface area (Å²) in [7, 11) is 0. The van der Waals surface area contributed by atoms with Crippen LogP contribution in [0, 0.1) is 0 Å². The van der Waals surface area contributed by atoms with Crippen LogP contribution in [0.1, 0.15) is 85.5 Å². The summed E-state index contributed by atoms with van der Waals surface area (Å²) in [4.78, 5) is 10.4. The van der Waals surface area contributed by atoms with E-state index in [1.54, 1.807) is 0 Å². The van der Waals surface area contributed by atoms with E-state index in [4.69, 9.17) is 5.11 Å². The van der Waals surface area contributed by atoms with Crippen molar-refractivity contribution in [3.8, 4) is 0 Å². The SMILES string of the molecule is C.CCCCCCCCCC(CC)SCCC(=O)O. The van der Waals surface area contributed by atoms with Gasteiger partial charge in [-0.15, -0.1) is 0 Å². The molecule has 3 heteroatoms. The molecule has 19 heavy (non-hydrogen) atoms. The van der Waals surface area contributed by atoms with E-state index in [-0.39, 0.29) is 7.43 Å². The van der Waals surface area contributed by atoms with Crippen LogP contribution < -0.4 is 0 Å². The van der Waals surface area contributed by atoms with E-state index < -0.39 is 5.97 Å². The Morgan fingerprint density at radius 2 is 1.63 bits per heavy atom. The molecule has 2 nitrogen and oxygen atoms in total. The number of thioether (sulfide) groups is 1. The largest absolute Gasteiger partial charge is 0.481 e. The lowest BCUT2D eigenvalue weighted by atomic mass is 10.1. The molecule has 116 valence electrons. The summed E-state index contributed by atoms with van der Waals surface area (Å²) in [6, 6.07) is 0. The average molecular weight is 291 g/mol. The van der Waals surface area contributed by atoms with E-state index in [2.05, 4.69) is 13.8 Å². The van der Waals surface area contributed by atoms with E-state index in [9.17, 15) is 4.79 Å². The zero-order valence-electron chi connectivity index (χ0n) is 12.1. The molecule has 1 unspecified atom stereocenters. The monoisotopic (exact) mass is 290 g/mol. The number of hydrogen-bond acceptors (Lipinski definition) is 2. The topological polar surface area (TPSA) is 37.3 Å². The zero-order valence-corrected chi connectivity index (χ0v) is 12.9. The van der Waals surface area contributed by atoms with Crippen LogP contribution in [0.3, 0.4) is 0 Å². The van der Waals surface area contributed by atoms with Crippen molar-refractivity contribution < 1.29 is 9.90 Å². The zero-order chi connectivity index (χ0) is 13.6. The summed E-state index contributed by atoms with van der Waals surface area (Å²) in [5, 5.41) is 9.27. The molecule has 0 aromatic heterocycles. The Labute approximate surface area is 124 Å². The molecular formula is C16H34O2S. The second kappa shape index (κ2) is 15.9. The second-order valence-corrected chi connectivity index (χ2v) is 6.36. The number of aliphatic carboxylic acids is 1. The Kier molecular flexibility index (Phi) is 17.7. The molecule has 0 saturated carbocycles. The fourth-order valence-corrected chi connectivity index (χ4v) is 3.24. The Hall–Kier alpha value is -0.180. The van der Waals surface area contributed by atoms with Crippen molar-refractivity contribution in [2.75, 3.05) is 5.75 Å². The fourth-order valence-electron chi connectivity index (χ4n) is 2.05. The highest BCUT2D eigenvalue weighted by molar-refractivity contribution is 7.99. The third-order valence-electron chi connectivity index (χ3n) is 3.25. The van der Waals surface area contributed by atoms with E-state index >= 15 is 0 Å². The van der Waals surface area contributed by atoms with Crippen LogP contribution in [0.15, 0.2) is 0 Å². The number of carboxylic acid groups (broad SMARTS) is 1. The third kappa shape index (κ3) is 15.8. The molecule has 0 amide bonds. The highest BCUT2D eigenvalue weighted by atomic mass is 32.2. The van der Waals surface area contributed by atoms with Gasteiger partial charge in [0.1, 0.15) is 0 Å². The first-order valence-electron chi connectivity index (χ1n) is 7.54. The van der Waals surface area contributed by atoms with E-state index in [1.807, 2.05) is 11.8 Å². The minimum atomic E-state index is -0.673. The number of carboxylic acids is 1. The minimum absolute atomic E-state index is 0. The lowest BCUT2D eigenvalue weighted by molar-refractivity contribution is -0.136. The lowest BCUT2D eigenvalue weighted by Gasteiger charge is -2.13. The predicted molar refractivity (Wildman–Crippen MR) is 88.1 cm³/mol. The Bertz CT molecular complexity index is 195. The standard InChI is InChI=1S/C15H30O2S.CH4/c1-3-5-6-7-8-9-10-11-14(4-2)18-13-12-15(16)17;/h14H,3-13H2,1-2H3,(H,16,17);1H4. The molecule has 0 rings (SSSR count). The van der Waals surface area contributed by atoms with Gasteiger partial charge in [-0.1, -0.05) is 66.2 Å². The van der Waals surface area contributed by atoms with E-state index in [0.29, 0.717) is 11.7 Å². The fraction of sp³-hybridized carbons (Fsp3) is 0.938. The molecule has 0 aliphatic carbocycles. The number of rotatable bonds is 13. The van der Waals surface area contributed by atoms with Gasteiger partial charge < -0.3 is 5.11 Å². The van der Waals surface area contributed by atoms with Crippen LogP contribution in [-0.4, -0.2) is 22.1 Å². The Morgan fingerprint density at radius 3 is 2.16 bits per heavy atom. The molecule has 0 spiro atoms. The van der Waals surface area contributed by atoms with Crippen molar-refractivity contribution in [3.63, 3.8) is 0 Å². The molecule has 0 aliphatic rings. The van der Waals surface area contributed by atoms with Crippen molar-refractivity contribution in [2.45, 2.75) is 90.7 Å². The van der Waals surface area contributed by atoms with Gasteiger partial charge in [0.15, 0.2) is 0 Å². The van der Waals surface area contributed by atoms with Gasteiger partial charge in [0, 0.05) is 11.0 Å². The number of carbonyl (C=O) groups is 1. The van der Waals surface area contributed by atoms with Gasteiger partial charge >= 0.3 is 5.97 Å². The quantitative estimate of drug-likeness (QED) is 0.439. The summed E-state index contributed by atoms with van der Waals surface area (Å²) < 4.78 is 0. The summed E-state index contributed by atoms with van der Waals surface area (Å²) in [6.45, 7) is 4.46. The first-order chi connectivity index (χ1) is 8.70. The maximum absolute atomic E-state index is 10.4. The number of hydrogen-bond donors (Lipinski definition) is 1. The summed E-state index contributed by atoms with van der Waals surface area (Å²) in [5.41, 5.74) is 0. The first kappa shape index (κ1) is 21.1. The first-order valence-corrected chi connectivity index (χ1v) is 8.59. The van der Waals surface area contributed by atoms with Crippen LogP contribution in [-0.2, 0) is 4.79 Å². The summed E-state index contributed by atoms with van der Waals surface area (Å²) in [6.07, 6.45) is 12.2. The van der Waals surface area contributed by atoms with Crippen LogP contribution in [0.4, 0.5) is 0 Å². The van der Waals surface area contributed by atoms with Gasteiger partial charge in [-0.05, 0) is 12.8 Å². The number of unbranched alkanes of at least 4 members (excludes halogenated alkanes) is 6. The van der Waals surface area contributed by atoms with Gasteiger partial charge in [-0.2, -0.15) is 11.8 Å². The van der Waals surface area contributed by atoms with Crippen LogP contribution in [0.25, 0.3) is 0 Å². The van der Waals surface area contributed by atoms with Crippen LogP contribution in [0.5, 0.6) is 0 Å². The smallest absolute Gasteiger partial charge is 0.304 e. The van der Waals surface area contributed by atoms with Crippen molar-refractivity contribution in [3.05, 3.63) is 0 Å². The predicted octanol–water partition coefficient (Wildman–Crippen LogP) is 5.75. The van der Waals surface area contributed by atoms with E-state index in [1.165, 1.54) is 57.8 Å².